The van der Waals surface area contributed by atoms with Gasteiger partial charge in [-0.05, 0) is 5.53 Å². The van der Waals surface area contributed by atoms with E-state index < -0.39 is 5.76 Å². The van der Waals surface area contributed by atoms with Crippen LogP contribution in [0.15, 0.2) is 26.6 Å². The molecule has 0 spiro atoms. The highest BCUT2D eigenvalue weighted by atomic mass is 16.4. The molecule has 0 aromatic carbocycles. The van der Waals surface area contributed by atoms with Crippen LogP contribution in [0.5, 0.6) is 0 Å². The van der Waals surface area contributed by atoms with E-state index in [2.05, 4.69) is 31.8 Å². The lowest BCUT2D eigenvalue weighted by atomic mass is 10.2. The average Bonchev–Trinajstić information content (AvgIpc) is 2.68. The van der Waals surface area contributed by atoms with Crippen molar-refractivity contribution >= 4 is 11.2 Å². The summed E-state index contributed by atoms with van der Waals surface area (Å²) in [7, 11) is 0. The van der Waals surface area contributed by atoms with Gasteiger partial charge in [-0.1, -0.05) is 17.0 Å². The molecule has 0 saturated heterocycles. The Labute approximate surface area is 95.1 Å². The molecule has 84 valence electrons. The third-order valence-corrected chi connectivity index (χ3v) is 1.91. The summed E-state index contributed by atoms with van der Waals surface area (Å²) < 4.78 is 4.85. The molecule has 2 aromatic heterocycles. The SMILES string of the molecule is [N-]=[N+]=NCCC#Cc1cnc2[nH]c(=O)oc2c1. The van der Waals surface area contributed by atoms with Crippen LogP contribution in [-0.2, 0) is 0 Å². The summed E-state index contributed by atoms with van der Waals surface area (Å²) in [4.78, 5) is 19.9. The van der Waals surface area contributed by atoms with E-state index in [9.17, 15) is 4.79 Å². The summed E-state index contributed by atoms with van der Waals surface area (Å²) in [5.41, 5.74) is 9.47. The number of azide groups is 1. The Bertz CT molecular complexity index is 697. The maximum Gasteiger partial charge on any atom is 0.418 e. The molecule has 2 heterocycles. The van der Waals surface area contributed by atoms with Gasteiger partial charge in [0.1, 0.15) is 0 Å². The number of H-pyrrole nitrogens is 1. The molecule has 0 amide bonds. The molecule has 7 nitrogen and oxygen atoms in total. The fourth-order valence-corrected chi connectivity index (χ4v) is 1.22. The second kappa shape index (κ2) is 4.88. The third-order valence-electron chi connectivity index (χ3n) is 1.91. The molecule has 7 heteroatoms. The van der Waals surface area contributed by atoms with Crippen molar-refractivity contribution in [2.24, 2.45) is 5.11 Å². The first kappa shape index (κ1) is 10.8. The number of hydrogen-bond donors (Lipinski definition) is 1. The largest absolute Gasteiger partial charge is 0.418 e. The number of rotatable bonds is 2. The highest BCUT2D eigenvalue weighted by Crippen LogP contribution is 2.07. The molecule has 0 aliphatic heterocycles. The Balaban J connectivity index is 2.18. The van der Waals surface area contributed by atoms with Gasteiger partial charge in [-0.15, -0.1) is 0 Å². The predicted octanol–water partition coefficient (Wildman–Crippen LogP) is 1.57. The van der Waals surface area contributed by atoms with Crippen LogP contribution < -0.4 is 5.76 Å². The molecule has 0 fully saturated rings. The lowest BCUT2D eigenvalue weighted by Gasteiger charge is -1.88. The molecule has 0 aliphatic carbocycles. The number of nitrogens with zero attached hydrogens (tertiary/aromatic N) is 4. The van der Waals surface area contributed by atoms with Crippen LogP contribution in [0.4, 0.5) is 0 Å². The number of aromatic amines is 1. The van der Waals surface area contributed by atoms with Crippen molar-refractivity contribution in [3.05, 3.63) is 38.8 Å². The molecule has 2 aromatic rings. The van der Waals surface area contributed by atoms with Gasteiger partial charge in [0.25, 0.3) is 0 Å². The fraction of sp³-hybridized carbons (Fsp3) is 0.200. The fourth-order valence-electron chi connectivity index (χ4n) is 1.22. The van der Waals surface area contributed by atoms with E-state index in [1.807, 2.05) is 0 Å². The van der Waals surface area contributed by atoms with E-state index >= 15 is 0 Å². The maximum absolute atomic E-state index is 10.9. The monoisotopic (exact) mass is 229 g/mol. The summed E-state index contributed by atoms with van der Waals surface area (Å²) in [6, 6.07) is 1.63. The van der Waals surface area contributed by atoms with Crippen molar-refractivity contribution in [2.75, 3.05) is 6.54 Å². The van der Waals surface area contributed by atoms with Crippen LogP contribution in [0.25, 0.3) is 21.7 Å². The second-order valence-electron chi connectivity index (χ2n) is 3.09. The first-order valence-electron chi connectivity index (χ1n) is 4.78. The number of fused-ring (bicyclic) bond motifs is 1. The lowest BCUT2D eigenvalue weighted by Crippen LogP contribution is -1.93. The Morgan fingerprint density at radius 1 is 1.65 bits per heavy atom. The Kier molecular flexibility index (Phi) is 3.10. The van der Waals surface area contributed by atoms with E-state index in [0.29, 0.717) is 29.8 Å². The Morgan fingerprint density at radius 3 is 3.35 bits per heavy atom. The summed E-state index contributed by atoms with van der Waals surface area (Å²) in [5.74, 6) is 5.12. The van der Waals surface area contributed by atoms with Crippen molar-refractivity contribution in [1.82, 2.24) is 9.97 Å². The van der Waals surface area contributed by atoms with E-state index in [4.69, 9.17) is 9.95 Å². The standard InChI is InChI=1S/C10H7N5O2/c11-15-13-4-2-1-3-7-5-8-9(12-6-7)14-10(16)17-8/h5-6H,2,4H2,(H,12,14,16). The highest BCUT2D eigenvalue weighted by molar-refractivity contribution is 5.68. The van der Waals surface area contributed by atoms with Gasteiger partial charge >= 0.3 is 5.76 Å². The topological polar surface area (TPSA) is 108 Å². The molecule has 0 aliphatic rings. The van der Waals surface area contributed by atoms with Gasteiger partial charge in [0.2, 0.25) is 0 Å². The van der Waals surface area contributed by atoms with Crippen LogP contribution in [-0.4, -0.2) is 16.5 Å². The summed E-state index contributed by atoms with van der Waals surface area (Å²) in [5, 5.41) is 3.35. The van der Waals surface area contributed by atoms with Crippen LogP contribution in [0.3, 0.4) is 0 Å². The van der Waals surface area contributed by atoms with Crippen molar-refractivity contribution in [3.8, 4) is 11.8 Å². The minimum absolute atomic E-state index is 0.332. The van der Waals surface area contributed by atoms with Gasteiger partial charge in [-0.2, -0.15) is 0 Å². The van der Waals surface area contributed by atoms with Crippen LogP contribution in [0.1, 0.15) is 12.0 Å². The second-order valence-corrected chi connectivity index (χ2v) is 3.09. The van der Waals surface area contributed by atoms with Gasteiger partial charge in [0.05, 0.1) is 0 Å². The number of hydrogen-bond acceptors (Lipinski definition) is 4. The van der Waals surface area contributed by atoms with E-state index in [0.717, 1.165) is 0 Å². The van der Waals surface area contributed by atoms with Gasteiger partial charge in [-0.3, -0.25) is 4.98 Å². The van der Waals surface area contributed by atoms with Crippen LogP contribution in [0.2, 0.25) is 0 Å². The molecular weight excluding hydrogens is 222 g/mol. The van der Waals surface area contributed by atoms with Gasteiger partial charge in [0.15, 0.2) is 11.2 Å². The van der Waals surface area contributed by atoms with Gasteiger partial charge < -0.3 is 4.42 Å². The zero-order chi connectivity index (χ0) is 12.1. The van der Waals surface area contributed by atoms with Gasteiger partial charge in [-0.25, -0.2) is 9.78 Å². The van der Waals surface area contributed by atoms with Crippen molar-refractivity contribution in [2.45, 2.75) is 6.42 Å². The lowest BCUT2D eigenvalue weighted by molar-refractivity contribution is 0.555. The quantitative estimate of drug-likeness (QED) is 0.277. The highest BCUT2D eigenvalue weighted by Gasteiger charge is 2.01. The van der Waals surface area contributed by atoms with Crippen molar-refractivity contribution < 1.29 is 4.42 Å². The molecular formula is C10H7N5O2. The third kappa shape index (κ3) is 2.65. The summed E-state index contributed by atoms with van der Waals surface area (Å²) in [6.45, 7) is 0.332. The summed E-state index contributed by atoms with van der Waals surface area (Å²) in [6.07, 6.45) is 2.01. The zero-order valence-electron chi connectivity index (χ0n) is 8.67. The van der Waals surface area contributed by atoms with Gasteiger partial charge in [0, 0.05) is 35.7 Å². The maximum atomic E-state index is 10.9. The molecule has 17 heavy (non-hydrogen) atoms. The smallest absolute Gasteiger partial charge is 0.406 e. The zero-order valence-corrected chi connectivity index (χ0v) is 8.67. The minimum Gasteiger partial charge on any atom is -0.406 e. The first-order chi connectivity index (χ1) is 8.29. The molecule has 0 saturated carbocycles. The summed E-state index contributed by atoms with van der Waals surface area (Å²) >= 11 is 0. The predicted molar refractivity (Wildman–Crippen MR) is 60.1 cm³/mol. The first-order valence-corrected chi connectivity index (χ1v) is 4.78. The van der Waals surface area contributed by atoms with Crippen LogP contribution in [0, 0.1) is 11.8 Å². The number of oxazole rings is 1. The van der Waals surface area contributed by atoms with Crippen molar-refractivity contribution in [1.29, 1.82) is 0 Å². The van der Waals surface area contributed by atoms with Crippen molar-refractivity contribution in [3.63, 3.8) is 0 Å². The average molecular weight is 229 g/mol. The number of pyridine rings is 1. The van der Waals surface area contributed by atoms with E-state index in [1.165, 1.54) is 6.20 Å². The molecule has 0 atom stereocenters. The molecule has 1 N–H and O–H groups in total. The van der Waals surface area contributed by atoms with E-state index in [1.54, 1.807) is 6.07 Å². The molecule has 0 radical (unpaired) electrons. The number of nitrogens with one attached hydrogen (secondary N) is 1. The molecule has 0 bridgehead atoms. The molecule has 2 rings (SSSR count). The Morgan fingerprint density at radius 2 is 2.53 bits per heavy atom. The molecule has 0 unspecified atom stereocenters. The van der Waals surface area contributed by atoms with Crippen LogP contribution >= 0.6 is 0 Å². The Hall–Kier alpha value is -2.71. The van der Waals surface area contributed by atoms with E-state index in [-0.39, 0.29) is 0 Å². The normalized spacial score (nSPS) is 9.41. The minimum atomic E-state index is -0.541. The number of aromatic nitrogens is 2.